The summed E-state index contributed by atoms with van der Waals surface area (Å²) in [5.74, 6) is -0.0541. The van der Waals surface area contributed by atoms with Crippen molar-refractivity contribution < 1.29 is 23.9 Å². The number of ether oxygens (including phenoxy) is 2. The van der Waals surface area contributed by atoms with Crippen LogP contribution in [0.4, 0.5) is 0 Å². The van der Waals surface area contributed by atoms with Gasteiger partial charge >= 0.3 is 11.9 Å². The Morgan fingerprint density at radius 2 is 1.69 bits per heavy atom. The van der Waals surface area contributed by atoms with Crippen LogP contribution in [0.15, 0.2) is 30.3 Å². The number of carbonyl (C=O) groups is 3. The van der Waals surface area contributed by atoms with Gasteiger partial charge in [0.05, 0.1) is 0 Å². The van der Waals surface area contributed by atoms with Crippen molar-refractivity contribution in [1.29, 1.82) is 0 Å². The first-order valence-corrected chi connectivity index (χ1v) is 10.2. The molecule has 2 fully saturated rings. The first-order valence-electron chi connectivity index (χ1n) is 10.2. The van der Waals surface area contributed by atoms with Gasteiger partial charge in [-0.25, -0.2) is 0 Å². The van der Waals surface area contributed by atoms with E-state index in [9.17, 15) is 14.4 Å². The summed E-state index contributed by atoms with van der Waals surface area (Å²) in [4.78, 5) is 36.6. The number of hydrogen-bond donors (Lipinski definition) is 0. The molecule has 1 atom stereocenters. The van der Waals surface area contributed by atoms with Crippen LogP contribution in [0.1, 0.15) is 68.8 Å². The van der Waals surface area contributed by atoms with E-state index >= 15 is 0 Å². The Morgan fingerprint density at radius 3 is 2.34 bits per heavy atom. The molecule has 2 aromatic rings. The van der Waals surface area contributed by atoms with Crippen molar-refractivity contribution in [3.63, 3.8) is 0 Å². The lowest BCUT2D eigenvalue weighted by Crippen LogP contribution is -2.51. The molecule has 150 valence electrons. The molecule has 3 aliphatic carbocycles. The van der Waals surface area contributed by atoms with Crippen LogP contribution in [0.3, 0.4) is 0 Å². The molecule has 5 heteroatoms. The third kappa shape index (κ3) is 2.19. The molecule has 5 rings (SSSR count). The Kier molecular flexibility index (Phi) is 3.59. The maximum Gasteiger partial charge on any atom is 0.308 e. The number of benzene rings is 2. The molecule has 0 unspecified atom stereocenters. The van der Waals surface area contributed by atoms with Crippen molar-refractivity contribution in [2.45, 2.75) is 63.9 Å². The van der Waals surface area contributed by atoms with Gasteiger partial charge in [-0.05, 0) is 60.2 Å². The van der Waals surface area contributed by atoms with Gasteiger partial charge in [0.1, 0.15) is 11.4 Å². The third-order valence-corrected chi connectivity index (χ3v) is 7.87. The number of carbonyl (C=O) groups excluding carboxylic acids is 3. The van der Waals surface area contributed by atoms with Crippen LogP contribution in [0, 0.1) is 5.41 Å². The van der Waals surface area contributed by atoms with Crippen molar-refractivity contribution in [2.75, 3.05) is 0 Å². The second kappa shape index (κ2) is 5.68. The summed E-state index contributed by atoms with van der Waals surface area (Å²) < 4.78 is 11.1. The average Bonchev–Trinajstić information content (AvgIpc) is 3.02. The highest BCUT2D eigenvalue weighted by Crippen LogP contribution is 2.73. The highest BCUT2D eigenvalue weighted by Gasteiger charge is 2.74. The second-order valence-corrected chi connectivity index (χ2v) is 9.07. The van der Waals surface area contributed by atoms with Crippen LogP contribution in [0.25, 0.3) is 10.8 Å². The summed E-state index contributed by atoms with van der Waals surface area (Å²) >= 11 is 0. The Labute approximate surface area is 169 Å². The van der Waals surface area contributed by atoms with Crippen molar-refractivity contribution in [3.05, 3.63) is 41.5 Å². The topological polar surface area (TPSA) is 69.7 Å². The van der Waals surface area contributed by atoms with Gasteiger partial charge in [-0.15, -0.1) is 0 Å². The van der Waals surface area contributed by atoms with E-state index in [1.165, 1.54) is 13.8 Å². The zero-order valence-corrected chi connectivity index (χ0v) is 17.0. The molecule has 0 aliphatic heterocycles. The minimum absolute atomic E-state index is 0.101. The van der Waals surface area contributed by atoms with Crippen LogP contribution in [-0.2, 0) is 19.7 Å². The van der Waals surface area contributed by atoms with Crippen molar-refractivity contribution in [2.24, 2.45) is 5.41 Å². The normalized spacial score (nSPS) is 32.0. The average molecular weight is 392 g/mol. The minimum Gasteiger partial charge on any atom is -0.459 e. The van der Waals surface area contributed by atoms with Gasteiger partial charge in [-0.1, -0.05) is 19.1 Å². The van der Waals surface area contributed by atoms with Crippen LogP contribution in [0.5, 0.6) is 5.75 Å². The first kappa shape index (κ1) is 18.3. The van der Waals surface area contributed by atoms with E-state index in [1.54, 1.807) is 6.07 Å². The largest absolute Gasteiger partial charge is 0.459 e. The highest BCUT2D eigenvalue weighted by atomic mass is 16.6. The van der Waals surface area contributed by atoms with Crippen LogP contribution >= 0.6 is 0 Å². The van der Waals surface area contributed by atoms with Gasteiger partial charge in [-0.2, -0.15) is 0 Å². The molecule has 3 aliphatic rings. The number of fused-ring (bicyclic) bond motifs is 3. The predicted octanol–water partition coefficient (Wildman–Crippen LogP) is 4.49. The molecule has 2 bridgehead atoms. The fourth-order valence-electron chi connectivity index (χ4n) is 6.65. The summed E-state index contributed by atoms with van der Waals surface area (Å²) in [6.07, 6.45) is 3.85. The molecule has 0 radical (unpaired) electrons. The zero-order valence-electron chi connectivity index (χ0n) is 17.0. The van der Waals surface area contributed by atoms with Crippen molar-refractivity contribution >= 4 is 28.5 Å². The lowest BCUT2D eigenvalue weighted by molar-refractivity contribution is -0.167. The minimum atomic E-state index is -0.541. The monoisotopic (exact) mass is 392 g/mol. The molecule has 0 N–H and O–H groups in total. The zero-order chi connectivity index (χ0) is 20.6. The summed E-state index contributed by atoms with van der Waals surface area (Å²) in [5.41, 5.74) is 0.820. The van der Waals surface area contributed by atoms with Gasteiger partial charge in [-0.3, -0.25) is 14.4 Å². The molecule has 5 nitrogen and oxygen atoms in total. The highest BCUT2D eigenvalue weighted by molar-refractivity contribution is 6.11. The number of hydrogen-bond acceptors (Lipinski definition) is 5. The summed E-state index contributed by atoms with van der Waals surface area (Å²) in [6.45, 7) is 4.98. The Bertz CT molecular complexity index is 1090. The number of rotatable bonds is 2. The third-order valence-electron chi connectivity index (χ3n) is 7.87. The Balaban J connectivity index is 1.69. The molecule has 29 heavy (non-hydrogen) atoms. The fourth-order valence-corrected chi connectivity index (χ4v) is 6.65. The number of Topliss-reactive ketones (excluding diaryl/α,β-unsaturated/α-hetero) is 1. The van der Waals surface area contributed by atoms with Crippen LogP contribution in [-0.4, -0.2) is 23.3 Å². The van der Waals surface area contributed by atoms with Crippen LogP contribution in [0.2, 0.25) is 0 Å². The fraction of sp³-hybridized carbons (Fsp3) is 0.458. The van der Waals surface area contributed by atoms with E-state index in [1.807, 2.05) is 18.2 Å². The van der Waals surface area contributed by atoms with Gasteiger partial charge in [0.25, 0.3) is 0 Å². The van der Waals surface area contributed by atoms with Gasteiger partial charge in [0.15, 0.2) is 5.78 Å². The summed E-state index contributed by atoms with van der Waals surface area (Å²) in [5, 5.41) is 1.79. The first-order chi connectivity index (χ1) is 13.7. The van der Waals surface area contributed by atoms with Gasteiger partial charge < -0.3 is 9.47 Å². The molecule has 2 aromatic carbocycles. The predicted molar refractivity (Wildman–Crippen MR) is 107 cm³/mol. The standard InChI is InChI=1S/C24H24O5/c1-14(25)28-17-5-6-18-16(12-17)4-7-19-21(18)20(27)13-22(3)23(19)8-10-24(22,11-9-23)29-15(2)26/h4-7,12H,8-11,13H2,1-3H3/t22-,23?,24?/m0/s1. The van der Waals surface area contributed by atoms with E-state index in [4.69, 9.17) is 9.47 Å². The van der Waals surface area contributed by atoms with E-state index in [0.717, 1.165) is 47.6 Å². The molecule has 0 heterocycles. The van der Waals surface area contributed by atoms with Gasteiger partial charge in [0.2, 0.25) is 0 Å². The lowest BCUT2D eigenvalue weighted by atomic mass is 9.56. The molecule has 0 spiro atoms. The van der Waals surface area contributed by atoms with Crippen molar-refractivity contribution in [1.82, 2.24) is 0 Å². The Hall–Kier alpha value is -2.69. The smallest absolute Gasteiger partial charge is 0.308 e. The molecule has 0 aromatic heterocycles. The quantitative estimate of drug-likeness (QED) is 0.556. The number of ketones is 1. The molecular formula is C24H24O5. The molecule has 0 saturated heterocycles. The van der Waals surface area contributed by atoms with E-state index in [2.05, 4.69) is 13.0 Å². The second-order valence-electron chi connectivity index (χ2n) is 9.07. The number of esters is 2. The van der Waals surface area contributed by atoms with Gasteiger partial charge in [0, 0.05) is 36.7 Å². The maximum atomic E-state index is 13.4. The Morgan fingerprint density at radius 1 is 0.966 bits per heavy atom. The SMILES string of the molecule is CC(=O)Oc1ccc2c3c(ccc2c1)C12CCC(OC(C)=O)(CC1)[C@@]2(C)CC3=O. The van der Waals surface area contributed by atoms with E-state index < -0.39 is 5.60 Å². The summed E-state index contributed by atoms with van der Waals surface area (Å²) in [6, 6.07) is 9.52. The maximum absolute atomic E-state index is 13.4. The van der Waals surface area contributed by atoms with Crippen LogP contribution < -0.4 is 4.74 Å². The lowest BCUT2D eigenvalue weighted by Gasteiger charge is -2.48. The van der Waals surface area contributed by atoms with Crippen molar-refractivity contribution in [3.8, 4) is 5.75 Å². The summed E-state index contributed by atoms with van der Waals surface area (Å²) in [7, 11) is 0. The van der Waals surface area contributed by atoms with E-state index in [-0.39, 0.29) is 28.6 Å². The molecule has 0 amide bonds. The molecule has 2 saturated carbocycles. The van der Waals surface area contributed by atoms with E-state index in [0.29, 0.717) is 12.2 Å². The molecular weight excluding hydrogens is 368 g/mol.